The van der Waals surface area contributed by atoms with Crippen LogP contribution in [0, 0.1) is 0 Å². The third-order valence-electron chi connectivity index (χ3n) is 3.56. The van der Waals surface area contributed by atoms with Crippen LogP contribution in [0.4, 0.5) is 4.79 Å². The van der Waals surface area contributed by atoms with Crippen LogP contribution in [0.25, 0.3) is 0 Å². The molecule has 0 aliphatic carbocycles. The molecule has 92 valence electrons. The minimum Gasteiger partial charge on any atom is -0.449 e. The Hall–Kier alpha value is -0.770. The first-order valence-corrected chi connectivity index (χ1v) is 6.48. The second-order valence-electron chi connectivity index (χ2n) is 4.77. The fourth-order valence-electron chi connectivity index (χ4n) is 2.66. The van der Waals surface area contributed by atoms with E-state index in [9.17, 15) is 4.79 Å². The average molecular weight is 226 g/mol. The average Bonchev–Trinajstić information content (AvgIpc) is 2.55. The highest BCUT2D eigenvalue weighted by Gasteiger charge is 2.40. The van der Waals surface area contributed by atoms with Gasteiger partial charge in [0.15, 0.2) is 0 Å². The van der Waals surface area contributed by atoms with Gasteiger partial charge in [-0.15, -0.1) is 0 Å². The first-order valence-electron chi connectivity index (χ1n) is 6.48. The van der Waals surface area contributed by atoms with Gasteiger partial charge >= 0.3 is 6.09 Å². The predicted octanol–water partition coefficient (Wildman–Crippen LogP) is 1.75. The maximum absolute atomic E-state index is 11.9. The van der Waals surface area contributed by atoms with Gasteiger partial charge in [0.05, 0.1) is 6.61 Å². The van der Waals surface area contributed by atoms with Gasteiger partial charge in [0.2, 0.25) is 0 Å². The van der Waals surface area contributed by atoms with Crippen LogP contribution >= 0.6 is 0 Å². The van der Waals surface area contributed by atoms with Crippen LogP contribution in [-0.2, 0) is 4.74 Å². The minimum absolute atomic E-state index is 0.0925. The van der Waals surface area contributed by atoms with E-state index in [-0.39, 0.29) is 6.09 Å². The highest BCUT2D eigenvalue weighted by Crippen LogP contribution is 2.27. The number of unbranched alkanes of at least 4 members (excludes halogenated alkanes) is 2. The maximum Gasteiger partial charge on any atom is 0.410 e. The summed E-state index contributed by atoms with van der Waals surface area (Å²) in [6.45, 7) is 4.59. The number of piperazine rings is 1. The number of ether oxygens (including phenoxy) is 1. The quantitative estimate of drug-likeness (QED) is 0.743. The van der Waals surface area contributed by atoms with E-state index in [1.54, 1.807) is 0 Å². The number of hydrogen-bond donors (Lipinski definition) is 1. The molecule has 4 nitrogen and oxygen atoms in total. The summed E-state index contributed by atoms with van der Waals surface area (Å²) in [6, 6.07) is 0.745. The van der Waals surface area contributed by atoms with Crippen LogP contribution in [-0.4, -0.2) is 42.8 Å². The van der Waals surface area contributed by atoms with Crippen molar-refractivity contribution < 1.29 is 9.53 Å². The number of carbonyl (C=O) groups is 1. The van der Waals surface area contributed by atoms with Crippen LogP contribution in [0.3, 0.4) is 0 Å². The molecular formula is C12H22N2O2. The van der Waals surface area contributed by atoms with E-state index in [2.05, 4.69) is 12.2 Å². The maximum atomic E-state index is 11.9. The molecule has 0 saturated carbocycles. The molecule has 0 aromatic rings. The van der Waals surface area contributed by atoms with E-state index in [0.717, 1.165) is 45.2 Å². The SMILES string of the molecule is CCCCCOC(=O)N1C2CCC1CNC2. The molecule has 2 atom stereocenters. The standard InChI is InChI=1S/C12H22N2O2/c1-2-3-4-7-16-12(15)14-10-5-6-11(14)9-13-8-10/h10-11,13H,2-9H2,1H3. The number of nitrogens with zero attached hydrogens (tertiary/aromatic N) is 1. The molecule has 0 aromatic heterocycles. The Bertz CT molecular complexity index is 229. The summed E-state index contributed by atoms with van der Waals surface area (Å²) in [5, 5.41) is 3.36. The van der Waals surface area contributed by atoms with Gasteiger partial charge in [0, 0.05) is 25.2 Å². The normalized spacial score (nSPS) is 28.2. The Morgan fingerprint density at radius 1 is 1.31 bits per heavy atom. The molecular weight excluding hydrogens is 204 g/mol. The summed E-state index contributed by atoms with van der Waals surface area (Å²) in [5.41, 5.74) is 0. The van der Waals surface area contributed by atoms with Crippen molar-refractivity contribution in [1.82, 2.24) is 10.2 Å². The van der Waals surface area contributed by atoms with Crippen molar-refractivity contribution in [2.75, 3.05) is 19.7 Å². The molecule has 2 fully saturated rings. The smallest absolute Gasteiger partial charge is 0.410 e. The lowest BCUT2D eigenvalue weighted by Crippen LogP contribution is -2.54. The van der Waals surface area contributed by atoms with Crippen LogP contribution in [0.1, 0.15) is 39.0 Å². The zero-order valence-electron chi connectivity index (χ0n) is 10.1. The Kier molecular flexibility index (Phi) is 4.04. The van der Waals surface area contributed by atoms with Crippen LogP contribution in [0.15, 0.2) is 0 Å². The van der Waals surface area contributed by atoms with Gasteiger partial charge < -0.3 is 10.1 Å². The van der Waals surface area contributed by atoms with Crippen molar-refractivity contribution in [3.05, 3.63) is 0 Å². The predicted molar refractivity (Wildman–Crippen MR) is 62.4 cm³/mol. The summed E-state index contributed by atoms with van der Waals surface area (Å²) >= 11 is 0. The number of amides is 1. The lowest BCUT2D eigenvalue weighted by atomic mass is 10.2. The molecule has 1 amide bonds. The summed E-state index contributed by atoms with van der Waals surface area (Å²) in [4.78, 5) is 13.9. The highest BCUT2D eigenvalue weighted by molar-refractivity contribution is 5.69. The molecule has 0 spiro atoms. The van der Waals surface area contributed by atoms with E-state index in [4.69, 9.17) is 4.74 Å². The molecule has 1 N–H and O–H groups in total. The molecule has 16 heavy (non-hydrogen) atoms. The largest absolute Gasteiger partial charge is 0.449 e. The number of hydrogen-bond acceptors (Lipinski definition) is 3. The molecule has 4 heteroatoms. The van der Waals surface area contributed by atoms with Gasteiger partial charge in [-0.05, 0) is 19.3 Å². The third kappa shape index (κ3) is 2.48. The van der Waals surface area contributed by atoms with Gasteiger partial charge in [0.1, 0.15) is 0 Å². The molecule has 2 heterocycles. The number of carbonyl (C=O) groups excluding carboxylic acids is 1. The molecule has 2 rings (SSSR count). The second kappa shape index (κ2) is 5.53. The molecule has 2 bridgehead atoms. The summed E-state index contributed by atoms with van der Waals surface area (Å²) in [6.07, 6.45) is 5.45. The van der Waals surface area contributed by atoms with Crippen molar-refractivity contribution >= 4 is 6.09 Å². The van der Waals surface area contributed by atoms with Crippen molar-refractivity contribution in [1.29, 1.82) is 0 Å². The van der Waals surface area contributed by atoms with Crippen molar-refractivity contribution in [3.63, 3.8) is 0 Å². The third-order valence-corrected chi connectivity index (χ3v) is 3.56. The van der Waals surface area contributed by atoms with Gasteiger partial charge in [-0.2, -0.15) is 0 Å². The van der Waals surface area contributed by atoms with Gasteiger partial charge in [-0.1, -0.05) is 19.8 Å². The highest BCUT2D eigenvalue weighted by atomic mass is 16.6. The van der Waals surface area contributed by atoms with Crippen molar-refractivity contribution in [2.45, 2.75) is 51.1 Å². The fourth-order valence-corrected chi connectivity index (χ4v) is 2.66. The Morgan fingerprint density at radius 2 is 2.00 bits per heavy atom. The fraction of sp³-hybridized carbons (Fsp3) is 0.917. The van der Waals surface area contributed by atoms with E-state index >= 15 is 0 Å². The first kappa shape index (κ1) is 11.7. The monoisotopic (exact) mass is 226 g/mol. The van der Waals surface area contributed by atoms with Crippen molar-refractivity contribution in [2.24, 2.45) is 0 Å². The first-order chi connectivity index (χ1) is 7.83. The molecule has 0 radical (unpaired) electrons. The van der Waals surface area contributed by atoms with Gasteiger partial charge in [-0.3, -0.25) is 4.90 Å². The Labute approximate surface area is 97.3 Å². The number of rotatable bonds is 4. The minimum atomic E-state index is -0.0925. The summed E-state index contributed by atoms with van der Waals surface area (Å²) in [7, 11) is 0. The van der Waals surface area contributed by atoms with Crippen LogP contribution < -0.4 is 5.32 Å². The number of nitrogens with one attached hydrogen (secondary N) is 1. The number of fused-ring (bicyclic) bond motifs is 2. The van der Waals surface area contributed by atoms with Gasteiger partial charge in [0.25, 0.3) is 0 Å². The van der Waals surface area contributed by atoms with E-state index < -0.39 is 0 Å². The molecule has 2 saturated heterocycles. The lowest BCUT2D eigenvalue weighted by Gasteiger charge is -2.34. The van der Waals surface area contributed by atoms with E-state index in [1.165, 1.54) is 0 Å². The van der Waals surface area contributed by atoms with E-state index in [0.29, 0.717) is 18.7 Å². The van der Waals surface area contributed by atoms with Crippen LogP contribution in [0.2, 0.25) is 0 Å². The summed E-state index contributed by atoms with van der Waals surface area (Å²) in [5.74, 6) is 0. The molecule has 0 aromatic carbocycles. The van der Waals surface area contributed by atoms with E-state index in [1.807, 2.05) is 4.90 Å². The lowest BCUT2D eigenvalue weighted by molar-refractivity contribution is 0.0732. The molecule has 2 aliphatic heterocycles. The Morgan fingerprint density at radius 3 is 2.62 bits per heavy atom. The zero-order chi connectivity index (χ0) is 11.4. The molecule has 2 aliphatic rings. The Balaban J connectivity index is 1.76. The van der Waals surface area contributed by atoms with Gasteiger partial charge in [-0.25, -0.2) is 4.79 Å². The topological polar surface area (TPSA) is 41.6 Å². The molecule has 2 unspecified atom stereocenters. The summed E-state index contributed by atoms with van der Waals surface area (Å²) < 4.78 is 5.32. The second-order valence-corrected chi connectivity index (χ2v) is 4.77. The van der Waals surface area contributed by atoms with Crippen molar-refractivity contribution in [3.8, 4) is 0 Å². The van der Waals surface area contributed by atoms with Crippen LogP contribution in [0.5, 0.6) is 0 Å². The zero-order valence-corrected chi connectivity index (χ0v) is 10.1.